The molecule has 4 aromatic rings. The number of morpholine rings is 1. The van der Waals surface area contributed by atoms with Gasteiger partial charge in [-0.15, -0.1) is 11.3 Å². The number of hydrogen-bond donors (Lipinski definition) is 1. The maximum atomic E-state index is 12.9. The molecular weight excluding hydrogens is 444 g/mol. The van der Waals surface area contributed by atoms with Crippen molar-refractivity contribution in [3.8, 4) is 0 Å². The van der Waals surface area contributed by atoms with E-state index in [1.807, 2.05) is 66.2 Å². The third-order valence-corrected chi connectivity index (χ3v) is 6.98. The van der Waals surface area contributed by atoms with E-state index >= 15 is 0 Å². The highest BCUT2D eigenvalue weighted by atomic mass is 35.5. The number of thiophene rings is 1. The zero-order chi connectivity index (χ0) is 22.1. The van der Waals surface area contributed by atoms with Gasteiger partial charge in [-0.3, -0.25) is 9.48 Å². The number of carbonyl (C=O) groups excluding carboxylic acids is 1. The second-order valence-corrected chi connectivity index (χ2v) is 9.27. The molecule has 0 saturated carbocycles. The Morgan fingerprint density at radius 3 is 2.56 bits per heavy atom. The molecule has 0 aliphatic carbocycles. The minimum Gasteiger partial charge on any atom is -0.378 e. The van der Waals surface area contributed by atoms with Crippen LogP contribution in [0.2, 0.25) is 5.02 Å². The molecule has 2 aromatic carbocycles. The molecule has 1 saturated heterocycles. The average molecular weight is 467 g/mol. The highest BCUT2D eigenvalue weighted by Crippen LogP contribution is 2.30. The van der Waals surface area contributed by atoms with Crippen molar-refractivity contribution in [2.45, 2.75) is 13.5 Å². The quantitative estimate of drug-likeness (QED) is 0.439. The van der Waals surface area contributed by atoms with Crippen molar-refractivity contribution >= 4 is 50.4 Å². The topological polar surface area (TPSA) is 59.4 Å². The van der Waals surface area contributed by atoms with Crippen molar-refractivity contribution in [2.75, 3.05) is 36.5 Å². The Kier molecular flexibility index (Phi) is 5.87. The van der Waals surface area contributed by atoms with Crippen LogP contribution in [0.15, 0.2) is 54.6 Å². The van der Waals surface area contributed by atoms with Crippen LogP contribution in [0, 0.1) is 6.92 Å². The smallest absolute Gasteiger partial charge is 0.265 e. The summed E-state index contributed by atoms with van der Waals surface area (Å²) in [7, 11) is 0. The highest BCUT2D eigenvalue weighted by molar-refractivity contribution is 7.20. The predicted octanol–water partition coefficient (Wildman–Crippen LogP) is 5.20. The molecule has 0 unspecified atom stereocenters. The number of benzene rings is 2. The summed E-state index contributed by atoms with van der Waals surface area (Å²) >= 11 is 7.45. The largest absolute Gasteiger partial charge is 0.378 e. The van der Waals surface area contributed by atoms with E-state index in [0.29, 0.717) is 16.4 Å². The number of rotatable bonds is 5. The molecule has 164 valence electrons. The number of nitrogens with one attached hydrogen (secondary N) is 1. The average Bonchev–Trinajstić information content (AvgIpc) is 3.38. The number of nitrogens with zero attached hydrogens (tertiary/aromatic N) is 3. The fourth-order valence-electron chi connectivity index (χ4n) is 3.86. The number of ether oxygens (including phenoxy) is 1. The van der Waals surface area contributed by atoms with Crippen LogP contribution in [0.3, 0.4) is 0 Å². The molecule has 1 N–H and O–H groups in total. The number of halogens is 1. The Hall–Kier alpha value is -2.87. The summed E-state index contributed by atoms with van der Waals surface area (Å²) in [6, 6.07) is 17.6. The molecular formula is C24H23ClN4O2S. The second-order valence-electron chi connectivity index (χ2n) is 7.80. The first-order valence-electron chi connectivity index (χ1n) is 10.5. The monoisotopic (exact) mass is 466 g/mol. The van der Waals surface area contributed by atoms with Gasteiger partial charge in [0.25, 0.3) is 5.91 Å². The molecule has 6 nitrogen and oxygen atoms in total. The molecule has 1 fully saturated rings. The molecule has 0 bridgehead atoms. The minimum atomic E-state index is -0.109. The number of aryl methyl sites for hydroxylation is 1. The highest BCUT2D eigenvalue weighted by Gasteiger charge is 2.17. The lowest BCUT2D eigenvalue weighted by molar-refractivity contribution is 0.103. The Balaban J connectivity index is 1.32. The number of fused-ring (bicyclic) bond motifs is 1. The van der Waals surface area contributed by atoms with Crippen molar-refractivity contribution < 1.29 is 9.53 Å². The maximum absolute atomic E-state index is 12.9. The number of carbonyl (C=O) groups is 1. The van der Waals surface area contributed by atoms with Crippen LogP contribution in [-0.2, 0) is 11.3 Å². The zero-order valence-corrected chi connectivity index (χ0v) is 19.2. The molecule has 0 atom stereocenters. The normalized spacial score (nSPS) is 14.1. The third-order valence-electron chi connectivity index (χ3n) is 5.58. The number of amides is 1. The fourth-order valence-corrected chi connectivity index (χ4v) is 5.05. The van der Waals surface area contributed by atoms with E-state index in [9.17, 15) is 4.79 Å². The summed E-state index contributed by atoms with van der Waals surface area (Å²) < 4.78 is 7.36. The summed E-state index contributed by atoms with van der Waals surface area (Å²) in [5.74, 6) is -0.109. The second kappa shape index (κ2) is 8.94. The van der Waals surface area contributed by atoms with Gasteiger partial charge in [0, 0.05) is 34.9 Å². The van der Waals surface area contributed by atoms with Crippen LogP contribution in [0.5, 0.6) is 0 Å². The lowest BCUT2D eigenvalue weighted by Gasteiger charge is -2.28. The maximum Gasteiger partial charge on any atom is 0.265 e. The van der Waals surface area contributed by atoms with E-state index in [-0.39, 0.29) is 5.91 Å². The Morgan fingerprint density at radius 1 is 1.12 bits per heavy atom. The summed E-state index contributed by atoms with van der Waals surface area (Å²) in [5, 5.41) is 9.40. The molecule has 0 spiro atoms. The summed E-state index contributed by atoms with van der Waals surface area (Å²) in [4.78, 5) is 16.9. The van der Waals surface area contributed by atoms with Crippen LogP contribution in [0.25, 0.3) is 10.2 Å². The van der Waals surface area contributed by atoms with Gasteiger partial charge in [0.05, 0.1) is 30.3 Å². The summed E-state index contributed by atoms with van der Waals surface area (Å²) in [6.07, 6.45) is 0. The summed E-state index contributed by atoms with van der Waals surface area (Å²) in [5.41, 5.74) is 3.95. The van der Waals surface area contributed by atoms with E-state index in [2.05, 4.69) is 15.3 Å². The van der Waals surface area contributed by atoms with Gasteiger partial charge < -0.3 is 15.0 Å². The van der Waals surface area contributed by atoms with E-state index in [1.54, 1.807) is 0 Å². The lowest BCUT2D eigenvalue weighted by atomic mass is 10.2. The zero-order valence-electron chi connectivity index (χ0n) is 17.7. The van der Waals surface area contributed by atoms with Gasteiger partial charge in [-0.1, -0.05) is 23.7 Å². The molecule has 1 aliphatic heterocycles. The Morgan fingerprint density at radius 2 is 1.84 bits per heavy atom. The van der Waals surface area contributed by atoms with Gasteiger partial charge in [-0.25, -0.2) is 0 Å². The standard InChI is InChI=1S/C24H23ClN4O2S/c1-16-21-14-22(32-24(21)29(27-16)15-17-2-4-18(25)5-3-17)23(30)26-19-6-8-20(9-7-19)28-10-12-31-13-11-28/h2-9,14H,10-13,15H2,1H3,(H,26,30). The predicted molar refractivity (Wildman–Crippen MR) is 130 cm³/mol. The van der Waals surface area contributed by atoms with E-state index in [1.165, 1.54) is 11.3 Å². The van der Waals surface area contributed by atoms with Crippen molar-refractivity contribution in [2.24, 2.45) is 0 Å². The number of anilines is 2. The van der Waals surface area contributed by atoms with Crippen molar-refractivity contribution in [1.82, 2.24) is 9.78 Å². The molecule has 8 heteroatoms. The molecule has 0 radical (unpaired) electrons. The van der Waals surface area contributed by atoms with Gasteiger partial charge in [0.2, 0.25) is 0 Å². The van der Waals surface area contributed by atoms with Crippen molar-refractivity contribution in [3.05, 3.63) is 75.8 Å². The van der Waals surface area contributed by atoms with Crippen LogP contribution in [-0.4, -0.2) is 42.0 Å². The number of aromatic nitrogens is 2. The van der Waals surface area contributed by atoms with Gasteiger partial charge in [0.15, 0.2) is 0 Å². The van der Waals surface area contributed by atoms with Crippen molar-refractivity contribution in [1.29, 1.82) is 0 Å². The Bertz CT molecular complexity index is 1240. The van der Waals surface area contributed by atoms with Crippen LogP contribution < -0.4 is 10.2 Å². The molecule has 1 amide bonds. The summed E-state index contributed by atoms with van der Waals surface area (Å²) in [6.45, 7) is 5.88. The molecule has 1 aliphatic rings. The van der Waals surface area contributed by atoms with Crippen molar-refractivity contribution in [3.63, 3.8) is 0 Å². The van der Waals surface area contributed by atoms with E-state index < -0.39 is 0 Å². The van der Waals surface area contributed by atoms with Gasteiger partial charge in [-0.2, -0.15) is 5.10 Å². The molecule has 3 heterocycles. The molecule has 32 heavy (non-hydrogen) atoms. The lowest BCUT2D eigenvalue weighted by Crippen LogP contribution is -2.36. The first kappa shape index (κ1) is 21.0. The molecule has 2 aromatic heterocycles. The number of hydrogen-bond acceptors (Lipinski definition) is 5. The minimum absolute atomic E-state index is 0.109. The molecule has 5 rings (SSSR count). The van der Waals surface area contributed by atoms with Crippen LogP contribution in [0.4, 0.5) is 11.4 Å². The van der Waals surface area contributed by atoms with E-state index in [4.69, 9.17) is 16.3 Å². The Labute approximate surface area is 195 Å². The first-order valence-corrected chi connectivity index (χ1v) is 11.7. The first-order chi connectivity index (χ1) is 15.6. The fraction of sp³-hybridized carbons (Fsp3) is 0.250. The SMILES string of the molecule is Cc1nn(Cc2ccc(Cl)cc2)c2sc(C(=O)Nc3ccc(N4CCOCC4)cc3)cc12. The van der Waals surface area contributed by atoms with Gasteiger partial charge >= 0.3 is 0 Å². The van der Waals surface area contributed by atoms with Crippen LogP contribution >= 0.6 is 22.9 Å². The van der Waals surface area contributed by atoms with Gasteiger partial charge in [-0.05, 0) is 55.0 Å². The van der Waals surface area contributed by atoms with E-state index in [0.717, 1.165) is 59.2 Å². The van der Waals surface area contributed by atoms with Crippen LogP contribution in [0.1, 0.15) is 20.9 Å². The van der Waals surface area contributed by atoms with Gasteiger partial charge in [0.1, 0.15) is 4.83 Å². The third kappa shape index (κ3) is 4.37.